The number of aromatic nitrogens is 1. The lowest BCUT2D eigenvalue weighted by atomic mass is 9.96. The van der Waals surface area contributed by atoms with Crippen molar-refractivity contribution in [2.24, 2.45) is 0 Å². The Kier molecular flexibility index (Phi) is 2.56. The second-order valence-corrected chi connectivity index (χ2v) is 4.44. The van der Waals surface area contributed by atoms with E-state index in [1.807, 2.05) is 18.5 Å². The van der Waals surface area contributed by atoms with E-state index in [0.29, 0.717) is 0 Å². The standard InChI is InChI=1S/C15H15NO/c1-11-7-8-16-10-14(11)13-6-2-4-12-5-3-9-17-15(12)13/h2,4,6-8,10H,3,5,9H2,1H3. The first kappa shape index (κ1) is 10.3. The summed E-state index contributed by atoms with van der Waals surface area (Å²) in [7, 11) is 0. The van der Waals surface area contributed by atoms with Crippen molar-refractivity contribution in [1.82, 2.24) is 4.98 Å². The molecule has 0 aliphatic carbocycles. The van der Waals surface area contributed by atoms with Gasteiger partial charge in [0, 0.05) is 23.5 Å². The van der Waals surface area contributed by atoms with Crippen LogP contribution in [0.1, 0.15) is 17.5 Å². The van der Waals surface area contributed by atoms with E-state index in [4.69, 9.17) is 4.74 Å². The molecule has 0 radical (unpaired) electrons. The molecule has 0 saturated heterocycles. The second kappa shape index (κ2) is 4.21. The Morgan fingerprint density at radius 1 is 1.18 bits per heavy atom. The lowest BCUT2D eigenvalue weighted by molar-refractivity contribution is 0.289. The van der Waals surface area contributed by atoms with E-state index in [0.717, 1.165) is 25.2 Å². The van der Waals surface area contributed by atoms with E-state index in [1.54, 1.807) is 0 Å². The third-order valence-corrected chi connectivity index (χ3v) is 3.26. The molecule has 2 nitrogen and oxygen atoms in total. The Labute approximate surface area is 101 Å². The minimum Gasteiger partial charge on any atom is -0.493 e. The van der Waals surface area contributed by atoms with Gasteiger partial charge in [-0.25, -0.2) is 0 Å². The first-order valence-electron chi connectivity index (χ1n) is 6.02. The molecule has 3 rings (SSSR count). The largest absolute Gasteiger partial charge is 0.493 e. The van der Waals surface area contributed by atoms with Crippen molar-refractivity contribution in [2.75, 3.05) is 6.61 Å². The number of rotatable bonds is 1. The monoisotopic (exact) mass is 225 g/mol. The summed E-state index contributed by atoms with van der Waals surface area (Å²) in [6.07, 6.45) is 5.98. The third-order valence-electron chi connectivity index (χ3n) is 3.26. The Balaban J connectivity index is 2.18. The predicted molar refractivity (Wildman–Crippen MR) is 68.2 cm³/mol. The van der Waals surface area contributed by atoms with Crippen molar-refractivity contribution in [3.63, 3.8) is 0 Å². The van der Waals surface area contributed by atoms with Crippen LogP contribution in [0.5, 0.6) is 5.75 Å². The van der Waals surface area contributed by atoms with Gasteiger partial charge < -0.3 is 4.74 Å². The number of ether oxygens (including phenoxy) is 1. The summed E-state index contributed by atoms with van der Waals surface area (Å²) in [5.41, 5.74) is 4.90. The van der Waals surface area contributed by atoms with E-state index in [-0.39, 0.29) is 0 Å². The number of aryl methyl sites for hydroxylation is 2. The summed E-state index contributed by atoms with van der Waals surface area (Å²) in [5, 5.41) is 0. The highest BCUT2D eigenvalue weighted by molar-refractivity contribution is 5.74. The quantitative estimate of drug-likeness (QED) is 0.742. The summed E-state index contributed by atoms with van der Waals surface area (Å²) >= 11 is 0. The highest BCUT2D eigenvalue weighted by Gasteiger charge is 2.16. The van der Waals surface area contributed by atoms with E-state index in [9.17, 15) is 0 Å². The Morgan fingerprint density at radius 3 is 3.00 bits per heavy atom. The zero-order valence-electron chi connectivity index (χ0n) is 9.94. The summed E-state index contributed by atoms with van der Waals surface area (Å²) in [6.45, 7) is 2.93. The van der Waals surface area contributed by atoms with Gasteiger partial charge in [0.1, 0.15) is 5.75 Å². The highest BCUT2D eigenvalue weighted by atomic mass is 16.5. The number of benzene rings is 1. The molecule has 1 aromatic heterocycles. The molecule has 0 unspecified atom stereocenters. The first-order chi connectivity index (χ1) is 8.36. The maximum Gasteiger partial charge on any atom is 0.130 e. The molecular formula is C15H15NO. The van der Waals surface area contributed by atoms with Crippen LogP contribution in [0.4, 0.5) is 0 Å². The molecular weight excluding hydrogens is 210 g/mol. The van der Waals surface area contributed by atoms with Crippen LogP contribution in [0.25, 0.3) is 11.1 Å². The average molecular weight is 225 g/mol. The number of para-hydroxylation sites is 1. The minimum absolute atomic E-state index is 0.823. The van der Waals surface area contributed by atoms with Crippen molar-refractivity contribution in [3.05, 3.63) is 47.8 Å². The maximum atomic E-state index is 5.84. The first-order valence-corrected chi connectivity index (χ1v) is 6.02. The van der Waals surface area contributed by atoms with Gasteiger partial charge in [-0.05, 0) is 37.0 Å². The van der Waals surface area contributed by atoms with Crippen molar-refractivity contribution < 1.29 is 4.74 Å². The van der Waals surface area contributed by atoms with Gasteiger partial charge in [-0.15, -0.1) is 0 Å². The predicted octanol–water partition coefficient (Wildman–Crippen LogP) is 3.38. The Bertz CT molecular complexity index is 548. The Morgan fingerprint density at radius 2 is 2.12 bits per heavy atom. The number of hydrogen-bond acceptors (Lipinski definition) is 2. The Hall–Kier alpha value is -1.83. The van der Waals surface area contributed by atoms with Gasteiger partial charge in [0.15, 0.2) is 0 Å². The van der Waals surface area contributed by atoms with Crippen LogP contribution in [-0.4, -0.2) is 11.6 Å². The molecule has 0 fully saturated rings. The van der Waals surface area contributed by atoms with Gasteiger partial charge in [0.25, 0.3) is 0 Å². The number of nitrogens with zero attached hydrogens (tertiary/aromatic N) is 1. The van der Waals surface area contributed by atoms with Gasteiger partial charge in [0.05, 0.1) is 6.61 Å². The molecule has 2 heteroatoms. The molecule has 0 atom stereocenters. The highest BCUT2D eigenvalue weighted by Crippen LogP contribution is 2.36. The fourth-order valence-electron chi connectivity index (χ4n) is 2.35. The van der Waals surface area contributed by atoms with Crippen LogP contribution >= 0.6 is 0 Å². The molecule has 0 saturated carbocycles. The average Bonchev–Trinajstić information content (AvgIpc) is 2.39. The normalized spacial score (nSPS) is 13.9. The van der Waals surface area contributed by atoms with E-state index in [1.165, 1.54) is 22.3 Å². The van der Waals surface area contributed by atoms with Gasteiger partial charge in [-0.2, -0.15) is 0 Å². The molecule has 0 bridgehead atoms. The molecule has 0 N–H and O–H groups in total. The van der Waals surface area contributed by atoms with Crippen LogP contribution in [0, 0.1) is 6.92 Å². The van der Waals surface area contributed by atoms with Crippen LogP contribution in [0.2, 0.25) is 0 Å². The summed E-state index contributed by atoms with van der Waals surface area (Å²) < 4.78 is 5.84. The molecule has 17 heavy (non-hydrogen) atoms. The van der Waals surface area contributed by atoms with E-state index >= 15 is 0 Å². The number of fused-ring (bicyclic) bond motifs is 1. The molecule has 1 aromatic carbocycles. The zero-order valence-corrected chi connectivity index (χ0v) is 9.94. The topological polar surface area (TPSA) is 22.1 Å². The number of pyridine rings is 1. The summed E-state index contributed by atoms with van der Waals surface area (Å²) in [6, 6.07) is 8.42. The third kappa shape index (κ3) is 1.80. The molecule has 2 aromatic rings. The molecule has 1 aliphatic heterocycles. The molecule has 0 amide bonds. The number of hydrogen-bond donors (Lipinski definition) is 0. The van der Waals surface area contributed by atoms with Gasteiger partial charge in [-0.1, -0.05) is 18.2 Å². The minimum atomic E-state index is 0.823. The maximum absolute atomic E-state index is 5.84. The lowest BCUT2D eigenvalue weighted by Crippen LogP contribution is -2.09. The van der Waals surface area contributed by atoms with E-state index < -0.39 is 0 Å². The molecule has 0 spiro atoms. The van der Waals surface area contributed by atoms with Crippen LogP contribution in [-0.2, 0) is 6.42 Å². The molecule has 2 heterocycles. The van der Waals surface area contributed by atoms with E-state index in [2.05, 4.69) is 30.1 Å². The second-order valence-electron chi connectivity index (χ2n) is 4.44. The lowest BCUT2D eigenvalue weighted by Gasteiger charge is -2.20. The van der Waals surface area contributed by atoms with Gasteiger partial charge in [0.2, 0.25) is 0 Å². The fourth-order valence-corrected chi connectivity index (χ4v) is 2.35. The van der Waals surface area contributed by atoms with Crippen molar-refractivity contribution in [3.8, 4) is 16.9 Å². The SMILES string of the molecule is Cc1ccncc1-c1cccc2c1OCCC2. The fraction of sp³-hybridized carbons (Fsp3) is 0.267. The summed E-state index contributed by atoms with van der Waals surface area (Å²) in [4.78, 5) is 4.22. The van der Waals surface area contributed by atoms with Gasteiger partial charge >= 0.3 is 0 Å². The van der Waals surface area contributed by atoms with Crippen LogP contribution < -0.4 is 4.74 Å². The van der Waals surface area contributed by atoms with Crippen LogP contribution in [0.15, 0.2) is 36.7 Å². The zero-order chi connectivity index (χ0) is 11.7. The van der Waals surface area contributed by atoms with Gasteiger partial charge in [-0.3, -0.25) is 4.98 Å². The van der Waals surface area contributed by atoms with Crippen molar-refractivity contribution >= 4 is 0 Å². The molecule has 1 aliphatic rings. The smallest absolute Gasteiger partial charge is 0.130 e. The van der Waals surface area contributed by atoms with Crippen molar-refractivity contribution in [1.29, 1.82) is 0 Å². The summed E-state index contributed by atoms with van der Waals surface area (Å²) in [5.74, 6) is 1.05. The molecule has 86 valence electrons. The van der Waals surface area contributed by atoms with Crippen molar-refractivity contribution in [2.45, 2.75) is 19.8 Å². The van der Waals surface area contributed by atoms with Crippen LogP contribution in [0.3, 0.4) is 0 Å².